The van der Waals surface area contributed by atoms with E-state index in [0.29, 0.717) is 18.8 Å². The molecular weight excluding hydrogens is 290 g/mol. The Hall–Kier alpha value is -1.02. The van der Waals surface area contributed by atoms with Gasteiger partial charge in [-0.15, -0.1) is 0 Å². The monoisotopic (exact) mass is 315 g/mol. The summed E-state index contributed by atoms with van der Waals surface area (Å²) in [5.41, 5.74) is 0.378. The van der Waals surface area contributed by atoms with E-state index >= 15 is 0 Å². The Bertz CT molecular complexity index is 418. The van der Waals surface area contributed by atoms with Gasteiger partial charge in [0.05, 0.1) is 0 Å². The highest BCUT2D eigenvalue weighted by molar-refractivity contribution is 6.65. The largest absolute Gasteiger partial charge is 0.643 e. The summed E-state index contributed by atoms with van der Waals surface area (Å²) in [6.45, 7) is 9.74. The molecule has 0 bridgehead atoms. The summed E-state index contributed by atoms with van der Waals surface area (Å²) in [6, 6.07) is 0. The quantitative estimate of drug-likeness (QED) is 0.481. The first-order chi connectivity index (χ1) is 9.91. The summed E-state index contributed by atoms with van der Waals surface area (Å²) in [5.74, 6) is -0.813. The van der Waals surface area contributed by atoms with Crippen LogP contribution in [0.3, 0.4) is 0 Å². The molecule has 21 heavy (non-hydrogen) atoms. The van der Waals surface area contributed by atoms with Gasteiger partial charge < -0.3 is 13.3 Å². The number of hydrogen-bond acceptors (Lipinski definition) is 5. The molecule has 1 heterocycles. The molecule has 0 N–H and O–H groups in total. The number of imide groups is 1. The van der Waals surface area contributed by atoms with Crippen molar-refractivity contribution < 1.29 is 22.9 Å². The Labute approximate surface area is 127 Å². The molecular formula is C14H25NO5Si. The molecule has 120 valence electrons. The van der Waals surface area contributed by atoms with E-state index in [1.54, 1.807) is 20.8 Å². The van der Waals surface area contributed by atoms with Crippen LogP contribution in [0.25, 0.3) is 0 Å². The van der Waals surface area contributed by atoms with Crippen molar-refractivity contribution in [1.29, 1.82) is 0 Å². The van der Waals surface area contributed by atoms with Crippen molar-refractivity contribution in [1.82, 2.24) is 4.57 Å². The van der Waals surface area contributed by atoms with Gasteiger partial charge in [-0.2, -0.15) is 0 Å². The van der Waals surface area contributed by atoms with E-state index in [1.165, 1.54) is 6.08 Å². The number of hydrogen-bond donors (Lipinski definition) is 0. The second-order valence-corrected chi connectivity index (χ2v) is 7.22. The van der Waals surface area contributed by atoms with Gasteiger partial charge in [0.25, 0.3) is 11.8 Å². The predicted molar refractivity (Wildman–Crippen MR) is 80.1 cm³/mol. The maximum Gasteiger partial charge on any atom is 0.643 e. The van der Waals surface area contributed by atoms with Crippen molar-refractivity contribution in [2.75, 3.05) is 13.2 Å². The van der Waals surface area contributed by atoms with E-state index in [2.05, 4.69) is 0 Å². The highest BCUT2D eigenvalue weighted by Gasteiger charge is 2.57. The van der Waals surface area contributed by atoms with Crippen molar-refractivity contribution in [3.05, 3.63) is 11.6 Å². The Morgan fingerprint density at radius 3 is 2.14 bits per heavy atom. The van der Waals surface area contributed by atoms with Gasteiger partial charge in [0, 0.05) is 31.0 Å². The van der Waals surface area contributed by atoms with Crippen LogP contribution < -0.4 is 0 Å². The van der Waals surface area contributed by atoms with E-state index in [1.807, 2.05) is 13.8 Å². The molecule has 7 heteroatoms. The van der Waals surface area contributed by atoms with Gasteiger partial charge in [-0.1, -0.05) is 13.3 Å². The summed E-state index contributed by atoms with van der Waals surface area (Å²) >= 11 is 0. The summed E-state index contributed by atoms with van der Waals surface area (Å²) in [7, 11) is -3.55. The van der Waals surface area contributed by atoms with Gasteiger partial charge in [-0.05, 0) is 34.1 Å². The Morgan fingerprint density at radius 2 is 1.76 bits per heavy atom. The fourth-order valence-corrected chi connectivity index (χ4v) is 4.92. The lowest BCUT2D eigenvalue weighted by atomic mass is 10.2. The van der Waals surface area contributed by atoms with E-state index in [4.69, 9.17) is 13.3 Å². The Kier molecular flexibility index (Phi) is 6.73. The molecule has 0 radical (unpaired) electrons. The van der Waals surface area contributed by atoms with Gasteiger partial charge in [-0.3, -0.25) is 9.59 Å². The van der Waals surface area contributed by atoms with Crippen LogP contribution in [0, 0.1) is 0 Å². The van der Waals surface area contributed by atoms with Crippen LogP contribution in [0.2, 0.25) is 0 Å². The average molecular weight is 315 g/mol. The third-order valence-corrected chi connectivity index (χ3v) is 6.05. The van der Waals surface area contributed by atoms with E-state index < -0.39 is 20.8 Å². The predicted octanol–water partition coefficient (Wildman–Crippen LogP) is 2.02. The summed E-state index contributed by atoms with van der Waals surface area (Å²) < 4.78 is 18.4. The van der Waals surface area contributed by atoms with Crippen LogP contribution in [0.1, 0.15) is 47.5 Å². The minimum Gasteiger partial charge on any atom is -0.356 e. The zero-order chi connectivity index (χ0) is 16.0. The lowest BCUT2D eigenvalue weighted by molar-refractivity contribution is -0.138. The molecule has 0 aromatic carbocycles. The first-order valence-corrected chi connectivity index (χ1v) is 9.11. The molecule has 1 rings (SSSR count). The third kappa shape index (κ3) is 4.00. The van der Waals surface area contributed by atoms with Crippen molar-refractivity contribution >= 4 is 20.8 Å². The minimum atomic E-state index is -3.55. The number of carbonyl (C=O) groups excluding carboxylic acids is 2. The molecule has 0 saturated carbocycles. The fraction of sp³-hybridized carbons (Fsp3) is 0.714. The molecule has 1 aliphatic rings. The maximum atomic E-state index is 12.3. The zero-order valence-electron chi connectivity index (χ0n) is 13.5. The van der Waals surface area contributed by atoms with E-state index in [-0.39, 0.29) is 6.10 Å². The molecule has 0 aliphatic carbocycles. The molecule has 1 atom stereocenters. The maximum absolute atomic E-state index is 12.3. The molecule has 0 aromatic rings. The van der Waals surface area contributed by atoms with Crippen LogP contribution >= 0.6 is 0 Å². The topological polar surface area (TPSA) is 65.1 Å². The van der Waals surface area contributed by atoms with Crippen molar-refractivity contribution in [3.63, 3.8) is 0 Å². The van der Waals surface area contributed by atoms with Crippen LogP contribution in [0.15, 0.2) is 11.6 Å². The Morgan fingerprint density at radius 1 is 1.19 bits per heavy atom. The molecule has 1 unspecified atom stereocenters. The number of nitrogens with zero attached hydrogens (tertiary/aromatic N) is 1. The molecule has 2 amide bonds. The van der Waals surface area contributed by atoms with Crippen LogP contribution in [0.5, 0.6) is 0 Å². The second-order valence-electron chi connectivity index (χ2n) is 4.91. The van der Waals surface area contributed by atoms with Gasteiger partial charge in [0.15, 0.2) is 0 Å². The van der Waals surface area contributed by atoms with Gasteiger partial charge in [0.1, 0.15) is 0 Å². The summed E-state index contributed by atoms with van der Waals surface area (Å²) in [5, 5.41) is 0. The van der Waals surface area contributed by atoms with E-state index in [0.717, 1.165) is 17.4 Å². The van der Waals surface area contributed by atoms with Crippen LogP contribution in [-0.4, -0.2) is 44.7 Å². The average Bonchev–Trinajstić information content (AvgIpc) is 2.64. The highest BCUT2D eigenvalue weighted by Crippen LogP contribution is 2.26. The molecule has 0 aromatic heterocycles. The normalized spacial score (nSPS) is 17.4. The van der Waals surface area contributed by atoms with Crippen molar-refractivity contribution in [3.8, 4) is 0 Å². The molecule has 0 saturated heterocycles. The minimum absolute atomic E-state index is 0.152. The van der Waals surface area contributed by atoms with Crippen molar-refractivity contribution in [2.45, 2.75) is 53.6 Å². The first-order valence-electron chi connectivity index (χ1n) is 7.44. The summed E-state index contributed by atoms with van der Waals surface area (Å²) in [6.07, 6.45) is 2.89. The standard InChI is InChI=1S/C14H25NO5Si/c1-6-9-12(5)20-21(18-7-2,19-8-3)15-13(16)10-11(4)14(15)17/h10,12H,6-9H2,1-5H3. The molecule has 0 fully saturated rings. The molecule has 6 nitrogen and oxygen atoms in total. The summed E-state index contributed by atoms with van der Waals surface area (Å²) in [4.78, 5) is 24.4. The zero-order valence-corrected chi connectivity index (χ0v) is 14.5. The van der Waals surface area contributed by atoms with Gasteiger partial charge >= 0.3 is 8.97 Å². The number of rotatable bonds is 9. The lowest BCUT2D eigenvalue weighted by Crippen LogP contribution is -2.64. The second kappa shape index (κ2) is 7.84. The van der Waals surface area contributed by atoms with Gasteiger partial charge in [-0.25, -0.2) is 4.57 Å². The van der Waals surface area contributed by atoms with Crippen molar-refractivity contribution in [2.24, 2.45) is 0 Å². The molecule has 1 aliphatic heterocycles. The first kappa shape index (κ1) is 18.0. The number of amides is 2. The molecule has 0 spiro atoms. The number of carbonyl (C=O) groups is 2. The fourth-order valence-electron chi connectivity index (χ4n) is 2.22. The third-order valence-electron chi connectivity index (χ3n) is 3.07. The van der Waals surface area contributed by atoms with Gasteiger partial charge in [0.2, 0.25) is 0 Å². The SMILES string of the molecule is CCCC(C)O[Si](OCC)(OCC)N1C(=O)C=C(C)C1=O. The van der Waals surface area contributed by atoms with E-state index in [9.17, 15) is 9.59 Å². The highest BCUT2D eigenvalue weighted by atomic mass is 28.4. The smallest absolute Gasteiger partial charge is 0.356 e. The van der Waals surface area contributed by atoms with Crippen LogP contribution in [0.4, 0.5) is 0 Å². The lowest BCUT2D eigenvalue weighted by Gasteiger charge is -2.35. The Balaban J connectivity index is 3.10. The van der Waals surface area contributed by atoms with Crippen LogP contribution in [-0.2, 0) is 22.9 Å².